The molecule has 58 heavy (non-hydrogen) atoms. The highest BCUT2D eigenvalue weighted by atomic mass is 16.5. The van der Waals surface area contributed by atoms with Crippen molar-refractivity contribution in [2.45, 2.75) is 20.0 Å². The van der Waals surface area contributed by atoms with Gasteiger partial charge in [-0.3, -0.25) is 0 Å². The molecule has 12 heteroatoms. The maximum absolute atomic E-state index is 11.7. The van der Waals surface area contributed by atoms with Gasteiger partial charge in [-0.1, -0.05) is 109 Å². The van der Waals surface area contributed by atoms with Crippen LogP contribution >= 0.6 is 0 Å². The average molecular weight is 789 g/mol. The summed E-state index contributed by atoms with van der Waals surface area (Å²) in [6, 6.07) is 44.4. The van der Waals surface area contributed by atoms with E-state index in [-0.39, 0.29) is 51.9 Å². The molecule has 300 valence electrons. The molecule has 0 saturated heterocycles. The number of phenolic OH excluding ortho intramolecular Hbond substituents is 4. The maximum Gasteiger partial charge on any atom is 0.342 e. The number of methoxy groups -OCH3 is 1. The zero-order valence-electron chi connectivity index (χ0n) is 31.9. The van der Waals surface area contributed by atoms with Gasteiger partial charge in [0.15, 0.2) is 0 Å². The number of carbonyl (C=O) groups is 4. The first kappa shape index (κ1) is 44.8. The number of esters is 4. The number of hydrogen-bond acceptors (Lipinski definition) is 12. The summed E-state index contributed by atoms with van der Waals surface area (Å²) in [5, 5.41) is 37.3. The normalized spacial score (nSPS) is 9.69. The van der Waals surface area contributed by atoms with E-state index in [1.54, 1.807) is 61.5 Å². The molecule has 0 fully saturated rings. The number of benzene rings is 6. The minimum Gasteiger partial charge on any atom is -0.507 e. The summed E-state index contributed by atoms with van der Waals surface area (Å²) < 4.78 is 19.3. The van der Waals surface area contributed by atoms with Gasteiger partial charge >= 0.3 is 23.9 Å². The average Bonchev–Trinajstić information content (AvgIpc) is 3.25. The van der Waals surface area contributed by atoms with Crippen LogP contribution in [0.25, 0.3) is 0 Å². The molecule has 0 spiro atoms. The van der Waals surface area contributed by atoms with Gasteiger partial charge in [0.2, 0.25) is 0 Å². The summed E-state index contributed by atoms with van der Waals surface area (Å²) in [4.78, 5) is 45.3. The third kappa shape index (κ3) is 15.3. The molecular formula is C46H44O12. The van der Waals surface area contributed by atoms with Crippen LogP contribution in [0.4, 0.5) is 0 Å². The Morgan fingerprint density at radius 3 is 1.12 bits per heavy atom. The second-order valence-electron chi connectivity index (χ2n) is 11.7. The smallest absolute Gasteiger partial charge is 0.342 e. The fourth-order valence-corrected chi connectivity index (χ4v) is 4.69. The van der Waals surface area contributed by atoms with Gasteiger partial charge in [-0.05, 0) is 66.6 Å². The zero-order valence-corrected chi connectivity index (χ0v) is 31.9. The second kappa shape index (κ2) is 24.7. The molecule has 12 nitrogen and oxygen atoms in total. The predicted octanol–water partition coefficient (Wildman–Crippen LogP) is 8.29. The van der Waals surface area contributed by atoms with E-state index < -0.39 is 23.9 Å². The standard InChI is InChI=1S/C15H14O3.C14H12O3.C9H10O3.C8H8O3/c16-14-9-5-4-8-13(14)15(17)18-11-10-12-6-2-1-3-7-12;15-13-9-5-4-8-12(13)14(16)17-10-11-6-2-1-3-7-11;1-2-12-9(11)7-5-3-4-6-8(7)10;1-11-8(10)6-4-2-3-5-7(6)9/h1-9,16H,10-11H2;1-9,15H,10H2;3-6,10H,2H2,1H3;2-5,9H,1H3. The minimum atomic E-state index is -0.525. The van der Waals surface area contributed by atoms with E-state index in [2.05, 4.69) is 4.74 Å². The van der Waals surface area contributed by atoms with Crippen molar-refractivity contribution < 1.29 is 58.6 Å². The van der Waals surface area contributed by atoms with Gasteiger partial charge in [0.25, 0.3) is 0 Å². The first-order valence-corrected chi connectivity index (χ1v) is 17.8. The summed E-state index contributed by atoms with van der Waals surface area (Å²) in [5.41, 5.74) is 2.81. The van der Waals surface area contributed by atoms with Gasteiger partial charge in [-0.2, -0.15) is 0 Å². The maximum atomic E-state index is 11.7. The lowest BCUT2D eigenvalue weighted by Crippen LogP contribution is -2.08. The van der Waals surface area contributed by atoms with Gasteiger partial charge in [0.1, 0.15) is 51.9 Å². The third-order valence-corrected chi connectivity index (χ3v) is 7.64. The van der Waals surface area contributed by atoms with E-state index >= 15 is 0 Å². The van der Waals surface area contributed by atoms with Crippen LogP contribution in [-0.2, 0) is 32.0 Å². The van der Waals surface area contributed by atoms with Gasteiger partial charge in [0, 0.05) is 6.42 Å². The molecule has 0 saturated carbocycles. The minimum absolute atomic E-state index is 0.0454. The molecule has 6 aromatic carbocycles. The van der Waals surface area contributed by atoms with Gasteiger partial charge in [-0.15, -0.1) is 0 Å². The molecule has 6 rings (SSSR count). The lowest BCUT2D eigenvalue weighted by molar-refractivity contribution is 0.0466. The summed E-state index contributed by atoms with van der Waals surface area (Å²) in [6.45, 7) is 2.54. The Bertz CT molecular complexity index is 2190. The van der Waals surface area contributed by atoms with Crippen LogP contribution in [0.2, 0.25) is 0 Å². The number of hydrogen-bond donors (Lipinski definition) is 4. The monoisotopic (exact) mass is 788 g/mol. The predicted molar refractivity (Wildman–Crippen MR) is 216 cm³/mol. The van der Waals surface area contributed by atoms with Crippen molar-refractivity contribution in [3.8, 4) is 23.0 Å². The number of phenols is 4. The van der Waals surface area contributed by atoms with Gasteiger partial charge < -0.3 is 39.4 Å². The third-order valence-electron chi connectivity index (χ3n) is 7.64. The Balaban J connectivity index is 0.000000211. The van der Waals surface area contributed by atoms with E-state index in [0.717, 1.165) is 11.1 Å². The highest BCUT2D eigenvalue weighted by molar-refractivity contribution is 5.93. The molecule has 0 aliphatic rings. The van der Waals surface area contributed by atoms with Crippen LogP contribution in [-0.4, -0.2) is 64.6 Å². The molecule has 0 atom stereocenters. The van der Waals surface area contributed by atoms with Crippen LogP contribution in [0.3, 0.4) is 0 Å². The first-order chi connectivity index (χ1) is 28.0. The van der Waals surface area contributed by atoms with Crippen molar-refractivity contribution in [2.24, 2.45) is 0 Å². The molecule has 4 N–H and O–H groups in total. The lowest BCUT2D eigenvalue weighted by atomic mass is 10.2. The zero-order chi connectivity index (χ0) is 42.1. The van der Waals surface area contributed by atoms with Crippen LogP contribution in [0, 0.1) is 0 Å². The lowest BCUT2D eigenvalue weighted by Gasteiger charge is -2.06. The SMILES string of the molecule is CCOC(=O)c1ccccc1O.COC(=O)c1ccccc1O.O=C(OCCc1ccccc1)c1ccccc1O.O=C(OCc1ccccc1)c1ccccc1O. The van der Waals surface area contributed by atoms with E-state index in [9.17, 15) is 34.5 Å². The van der Waals surface area contributed by atoms with Crippen LogP contribution in [0.1, 0.15) is 59.5 Å². The van der Waals surface area contributed by atoms with E-state index in [0.29, 0.717) is 19.6 Å². The molecule has 0 aromatic heterocycles. The number of rotatable bonds is 10. The van der Waals surface area contributed by atoms with E-state index in [1.165, 1.54) is 49.6 Å². The highest BCUT2D eigenvalue weighted by Crippen LogP contribution is 2.19. The van der Waals surface area contributed by atoms with Crippen molar-refractivity contribution in [3.63, 3.8) is 0 Å². The van der Waals surface area contributed by atoms with Crippen LogP contribution < -0.4 is 0 Å². The molecule has 0 heterocycles. The highest BCUT2D eigenvalue weighted by Gasteiger charge is 2.13. The van der Waals surface area contributed by atoms with Crippen molar-refractivity contribution in [2.75, 3.05) is 20.3 Å². The molecule has 0 bridgehead atoms. The Hall–Kier alpha value is -7.60. The summed E-state index contributed by atoms with van der Waals surface area (Å²) in [6.07, 6.45) is 0.667. The Kier molecular flexibility index (Phi) is 19.1. The van der Waals surface area contributed by atoms with E-state index in [1.807, 2.05) is 60.7 Å². The van der Waals surface area contributed by atoms with Crippen LogP contribution in [0.5, 0.6) is 23.0 Å². The first-order valence-electron chi connectivity index (χ1n) is 17.8. The quantitative estimate of drug-likeness (QED) is 0.0770. The molecule has 0 radical (unpaired) electrons. The second-order valence-corrected chi connectivity index (χ2v) is 11.7. The summed E-state index contributed by atoms with van der Waals surface area (Å²) >= 11 is 0. The van der Waals surface area contributed by atoms with Crippen molar-refractivity contribution in [3.05, 3.63) is 191 Å². The van der Waals surface area contributed by atoms with Crippen molar-refractivity contribution in [1.82, 2.24) is 0 Å². The molecule has 0 amide bonds. The number of aromatic hydroxyl groups is 4. The Morgan fingerprint density at radius 1 is 0.414 bits per heavy atom. The largest absolute Gasteiger partial charge is 0.507 e. The van der Waals surface area contributed by atoms with Crippen molar-refractivity contribution >= 4 is 23.9 Å². The molecule has 0 aliphatic carbocycles. The molecule has 6 aromatic rings. The molecule has 0 unspecified atom stereocenters. The Labute approximate surface area is 336 Å². The Morgan fingerprint density at radius 2 is 0.741 bits per heavy atom. The number of carbonyl (C=O) groups excluding carboxylic acids is 4. The summed E-state index contributed by atoms with van der Waals surface area (Å²) in [5.74, 6) is -2.25. The molecular weight excluding hydrogens is 744 g/mol. The fraction of sp³-hybridized carbons (Fsp3) is 0.130. The fourth-order valence-electron chi connectivity index (χ4n) is 4.69. The van der Waals surface area contributed by atoms with Gasteiger partial charge in [0.05, 0.1) is 20.3 Å². The van der Waals surface area contributed by atoms with E-state index in [4.69, 9.17) is 19.3 Å². The number of ether oxygens (including phenoxy) is 4. The number of para-hydroxylation sites is 4. The van der Waals surface area contributed by atoms with Crippen molar-refractivity contribution in [1.29, 1.82) is 0 Å². The summed E-state index contributed by atoms with van der Waals surface area (Å²) in [7, 11) is 1.27. The molecule has 0 aliphatic heterocycles. The topological polar surface area (TPSA) is 186 Å². The van der Waals surface area contributed by atoms with Crippen LogP contribution in [0.15, 0.2) is 158 Å². The van der Waals surface area contributed by atoms with Gasteiger partial charge in [-0.25, -0.2) is 19.2 Å².